The third-order valence-corrected chi connectivity index (χ3v) is 4.34. The van der Waals surface area contributed by atoms with Gasteiger partial charge >= 0.3 is 0 Å². The Morgan fingerprint density at radius 3 is 2.29 bits per heavy atom. The van der Waals surface area contributed by atoms with E-state index in [2.05, 4.69) is 59.9 Å². The minimum atomic E-state index is 0.626. The Morgan fingerprint density at radius 2 is 1.67 bits per heavy atom. The van der Waals surface area contributed by atoms with Crippen molar-refractivity contribution in [3.8, 4) is 11.3 Å². The number of halogens is 1. The molecule has 0 amide bonds. The molecule has 0 atom stereocenters. The average Bonchev–Trinajstić information content (AvgIpc) is 2.75. The highest BCUT2D eigenvalue weighted by Gasteiger charge is 2.15. The van der Waals surface area contributed by atoms with Crippen LogP contribution < -0.4 is 0 Å². The number of H-pyrrole nitrogens is 1. The monoisotopic (exact) mass is 341 g/mol. The Bertz CT molecular complexity index is 838. The van der Waals surface area contributed by atoms with Crippen LogP contribution in [0.2, 0.25) is 0 Å². The van der Waals surface area contributed by atoms with E-state index in [-0.39, 0.29) is 0 Å². The fourth-order valence-electron chi connectivity index (χ4n) is 3.09. The van der Waals surface area contributed by atoms with Crippen molar-refractivity contribution in [2.75, 3.05) is 0 Å². The third-order valence-electron chi connectivity index (χ3n) is 3.85. The zero-order valence-electron chi connectivity index (χ0n) is 12.3. The van der Waals surface area contributed by atoms with E-state index >= 15 is 0 Å². The number of nitrogens with one attached hydrogen (secondary N) is 1. The molecule has 0 unspecified atom stereocenters. The molecule has 1 aromatic heterocycles. The van der Waals surface area contributed by atoms with Gasteiger partial charge in [0.1, 0.15) is 0 Å². The molecule has 0 fully saturated rings. The summed E-state index contributed by atoms with van der Waals surface area (Å²) < 4.78 is 0.973. The average molecular weight is 342 g/mol. The van der Waals surface area contributed by atoms with Gasteiger partial charge in [-0.25, -0.2) is 0 Å². The lowest BCUT2D eigenvalue weighted by Gasteiger charge is -2.10. The largest absolute Gasteiger partial charge is 0.351 e. The molecule has 0 saturated carbocycles. The second kappa shape index (κ2) is 5.15. The van der Waals surface area contributed by atoms with Crippen LogP contribution in [0.15, 0.2) is 34.8 Å². The quantitative estimate of drug-likeness (QED) is 0.627. The summed E-state index contributed by atoms with van der Waals surface area (Å²) >= 11 is 3.47. The van der Waals surface area contributed by atoms with Crippen LogP contribution in [0.1, 0.15) is 27.2 Å². The Balaban J connectivity index is 2.39. The number of aryl methyl sites for hydroxylation is 3. The Kier molecular flexibility index (Phi) is 3.46. The van der Waals surface area contributed by atoms with Crippen LogP contribution in [0, 0.1) is 20.8 Å². The first-order chi connectivity index (χ1) is 10.0. The van der Waals surface area contributed by atoms with Gasteiger partial charge in [0, 0.05) is 20.8 Å². The number of hydrogen-bond acceptors (Lipinski definition) is 1. The molecule has 21 heavy (non-hydrogen) atoms. The van der Waals surface area contributed by atoms with E-state index in [0.717, 1.165) is 27.2 Å². The number of aromatic nitrogens is 1. The molecule has 0 aliphatic rings. The first-order valence-electron chi connectivity index (χ1n) is 6.86. The third kappa shape index (κ3) is 2.32. The second-order valence-electron chi connectivity index (χ2n) is 5.50. The summed E-state index contributed by atoms with van der Waals surface area (Å²) in [5, 5.41) is 2.03. The van der Waals surface area contributed by atoms with Gasteiger partial charge < -0.3 is 4.98 Å². The summed E-state index contributed by atoms with van der Waals surface area (Å²) in [7, 11) is 0. The predicted octanol–water partition coefficient (Wildman–Crippen LogP) is 5.34. The number of fused-ring (bicyclic) bond motifs is 1. The van der Waals surface area contributed by atoms with Crippen LogP contribution in [0.4, 0.5) is 0 Å². The lowest BCUT2D eigenvalue weighted by Crippen LogP contribution is -1.91. The van der Waals surface area contributed by atoms with E-state index in [9.17, 15) is 4.79 Å². The minimum Gasteiger partial charge on any atom is -0.351 e. The highest BCUT2D eigenvalue weighted by atomic mass is 79.9. The first-order valence-corrected chi connectivity index (χ1v) is 7.65. The molecule has 0 aliphatic carbocycles. The van der Waals surface area contributed by atoms with Crippen molar-refractivity contribution < 1.29 is 4.79 Å². The summed E-state index contributed by atoms with van der Waals surface area (Å²) in [5.41, 5.74) is 6.52. The van der Waals surface area contributed by atoms with Crippen molar-refractivity contribution >= 4 is 33.0 Å². The van der Waals surface area contributed by atoms with Gasteiger partial charge in [0.2, 0.25) is 0 Å². The number of rotatable bonds is 2. The van der Waals surface area contributed by atoms with Crippen molar-refractivity contribution in [2.24, 2.45) is 0 Å². The molecular formula is C18H16BrNO. The molecular weight excluding hydrogens is 326 g/mol. The standard InChI is InChI=1S/C18H16BrNO/c1-10-6-11(2)17(12(3)7-10)18-14-5-4-13(19)8-15(14)16(9-21)20-18/h4-9,20H,1-3H3. The molecule has 2 nitrogen and oxygen atoms in total. The summed E-state index contributed by atoms with van der Waals surface area (Å²) in [6.45, 7) is 6.33. The van der Waals surface area contributed by atoms with Gasteiger partial charge in [-0.15, -0.1) is 0 Å². The van der Waals surface area contributed by atoms with E-state index in [1.165, 1.54) is 22.3 Å². The molecule has 3 aromatic rings. The number of carbonyl (C=O) groups excluding carboxylic acids is 1. The Labute approximate surface area is 132 Å². The van der Waals surface area contributed by atoms with Crippen LogP contribution in [0.5, 0.6) is 0 Å². The summed E-state index contributed by atoms with van der Waals surface area (Å²) in [6, 6.07) is 10.4. The molecule has 0 spiro atoms. The zero-order valence-corrected chi connectivity index (χ0v) is 13.8. The van der Waals surface area contributed by atoms with E-state index in [1.54, 1.807) is 0 Å². The van der Waals surface area contributed by atoms with Gasteiger partial charge in [0.05, 0.1) is 11.4 Å². The number of aldehydes is 1. The topological polar surface area (TPSA) is 32.9 Å². The first kappa shape index (κ1) is 14.1. The number of carbonyl (C=O) groups is 1. The Morgan fingerprint density at radius 1 is 1.00 bits per heavy atom. The lowest BCUT2D eigenvalue weighted by atomic mass is 9.95. The van der Waals surface area contributed by atoms with Crippen molar-refractivity contribution in [1.82, 2.24) is 4.98 Å². The van der Waals surface area contributed by atoms with Crippen molar-refractivity contribution in [3.63, 3.8) is 0 Å². The van der Waals surface area contributed by atoms with E-state index in [1.807, 2.05) is 12.1 Å². The van der Waals surface area contributed by atoms with E-state index in [4.69, 9.17) is 0 Å². The maximum atomic E-state index is 11.4. The molecule has 0 radical (unpaired) electrons. The minimum absolute atomic E-state index is 0.626. The highest BCUT2D eigenvalue weighted by molar-refractivity contribution is 9.10. The smallest absolute Gasteiger partial charge is 0.166 e. The Hall–Kier alpha value is -1.87. The summed E-state index contributed by atoms with van der Waals surface area (Å²) in [4.78, 5) is 14.6. The van der Waals surface area contributed by atoms with Crippen LogP contribution in [-0.4, -0.2) is 11.3 Å². The molecule has 1 N–H and O–H groups in total. The molecule has 3 heteroatoms. The fourth-order valence-corrected chi connectivity index (χ4v) is 3.45. The SMILES string of the molecule is Cc1cc(C)c(-c2[nH]c(C=O)c3cc(Br)ccc23)c(C)c1. The predicted molar refractivity (Wildman–Crippen MR) is 91.0 cm³/mol. The molecule has 1 heterocycles. The van der Waals surface area contributed by atoms with Crippen molar-refractivity contribution in [2.45, 2.75) is 20.8 Å². The van der Waals surface area contributed by atoms with Crippen LogP contribution in [0.3, 0.4) is 0 Å². The van der Waals surface area contributed by atoms with Gasteiger partial charge in [-0.2, -0.15) is 0 Å². The van der Waals surface area contributed by atoms with E-state index < -0.39 is 0 Å². The zero-order chi connectivity index (χ0) is 15.1. The maximum absolute atomic E-state index is 11.4. The van der Waals surface area contributed by atoms with Gasteiger partial charge in [-0.1, -0.05) is 39.7 Å². The van der Waals surface area contributed by atoms with Crippen LogP contribution in [0.25, 0.3) is 22.0 Å². The van der Waals surface area contributed by atoms with Crippen LogP contribution >= 0.6 is 15.9 Å². The lowest BCUT2D eigenvalue weighted by molar-refractivity contribution is 0.112. The fraction of sp³-hybridized carbons (Fsp3) is 0.167. The van der Waals surface area contributed by atoms with Gasteiger partial charge in [0.25, 0.3) is 0 Å². The summed E-state index contributed by atoms with van der Waals surface area (Å²) in [5.74, 6) is 0. The van der Waals surface area contributed by atoms with Crippen molar-refractivity contribution in [3.05, 3.63) is 57.2 Å². The molecule has 2 aromatic carbocycles. The van der Waals surface area contributed by atoms with Crippen LogP contribution in [-0.2, 0) is 0 Å². The second-order valence-corrected chi connectivity index (χ2v) is 6.41. The number of benzene rings is 2. The molecule has 0 bridgehead atoms. The molecule has 0 saturated heterocycles. The number of hydrogen-bond donors (Lipinski definition) is 1. The van der Waals surface area contributed by atoms with E-state index in [0.29, 0.717) is 5.69 Å². The maximum Gasteiger partial charge on any atom is 0.166 e. The molecule has 3 rings (SSSR count). The van der Waals surface area contributed by atoms with Gasteiger partial charge in [-0.05, 0) is 44.0 Å². The van der Waals surface area contributed by atoms with Gasteiger partial charge in [-0.3, -0.25) is 4.79 Å². The summed E-state index contributed by atoms with van der Waals surface area (Å²) in [6.07, 6.45) is 0.886. The highest BCUT2D eigenvalue weighted by Crippen LogP contribution is 2.35. The van der Waals surface area contributed by atoms with Gasteiger partial charge in [0.15, 0.2) is 6.29 Å². The molecule has 0 aliphatic heterocycles. The normalized spacial score (nSPS) is 11.0. The molecule has 106 valence electrons. The van der Waals surface area contributed by atoms with Crippen molar-refractivity contribution in [1.29, 1.82) is 0 Å². The number of aromatic amines is 1.